The maximum Gasteiger partial charge on any atom is -1.00 e. The molecule has 0 N–H and O–H groups in total. The molecule has 0 amide bonds. The van der Waals surface area contributed by atoms with E-state index < -0.39 is 20.4 Å². The third-order valence-electron chi connectivity index (χ3n) is 4.68. The van der Waals surface area contributed by atoms with Crippen LogP contribution < -0.4 is 24.8 Å². The monoisotopic (exact) mass is 460 g/mol. The first-order valence-corrected chi connectivity index (χ1v) is 17.8. The molecule has 0 unspecified atom stereocenters. The van der Waals surface area contributed by atoms with Gasteiger partial charge in [-0.3, -0.25) is 0 Å². The molecule has 0 bridgehead atoms. The quantitative estimate of drug-likeness (QED) is 0.349. The second kappa shape index (κ2) is 13.8. The minimum Gasteiger partial charge on any atom is -1.00 e. The molecule has 0 aromatic rings. The Morgan fingerprint density at radius 2 is 1.67 bits per heavy atom. The molecule has 24 heavy (non-hydrogen) atoms. The maximum atomic E-state index is 2.64. The Bertz CT molecular complexity index is 538. The van der Waals surface area contributed by atoms with Crippen molar-refractivity contribution in [1.82, 2.24) is 0 Å². The van der Waals surface area contributed by atoms with E-state index in [9.17, 15) is 0 Å². The van der Waals surface area contributed by atoms with Crippen molar-refractivity contribution in [1.29, 1.82) is 0 Å². The first-order valence-electron chi connectivity index (χ1n) is 9.16. The van der Waals surface area contributed by atoms with Crippen molar-refractivity contribution in [3.63, 3.8) is 0 Å². The molecule has 0 aromatic heterocycles. The van der Waals surface area contributed by atoms with Gasteiger partial charge in [-0.2, -0.15) is 0 Å². The van der Waals surface area contributed by atoms with Crippen molar-refractivity contribution in [2.24, 2.45) is 0 Å². The SMILES string of the molecule is CCCCCCCCC1=CC[C]([Zr+2]([C]2=CC=CC2)=[Si](C)C)=C1.[Cl-].[Cl-]. The van der Waals surface area contributed by atoms with Crippen molar-refractivity contribution >= 4 is 5.43 Å². The van der Waals surface area contributed by atoms with Gasteiger partial charge in [0.2, 0.25) is 0 Å². The molecule has 134 valence electrons. The van der Waals surface area contributed by atoms with Crippen molar-refractivity contribution in [2.75, 3.05) is 0 Å². The molecule has 0 fully saturated rings. The summed E-state index contributed by atoms with van der Waals surface area (Å²) in [5, 5.41) is 0. The minimum atomic E-state index is -1.45. The smallest absolute Gasteiger partial charge is 1.00 e. The van der Waals surface area contributed by atoms with E-state index in [1.807, 2.05) is 6.56 Å². The summed E-state index contributed by atoms with van der Waals surface area (Å²) in [7, 11) is 0. The summed E-state index contributed by atoms with van der Waals surface area (Å²) in [6.07, 6.45) is 24.7. The van der Waals surface area contributed by atoms with Gasteiger partial charge >= 0.3 is 146 Å². The molecule has 4 heteroatoms. The standard InChI is InChI=1S/C13H21.C5H5.C2H6Si.2ClH.Zr/c1-2-3-4-5-6-7-10-13-11-8-9-12-13;1-2-4-5-3-1;1-3-2;;;/h11-12H,2-8,10H2,1H3;1-3H,4H2;1-2H3;2*1H;/q;;;;;+2/p-2. The zero-order valence-electron chi connectivity index (χ0n) is 15.5. The fourth-order valence-electron chi connectivity index (χ4n) is 3.52. The van der Waals surface area contributed by atoms with Gasteiger partial charge in [0.25, 0.3) is 0 Å². The fraction of sp³-hybridized carbons (Fsp3) is 0.600. The molecule has 0 saturated carbocycles. The summed E-state index contributed by atoms with van der Waals surface area (Å²) < 4.78 is 3.76. The summed E-state index contributed by atoms with van der Waals surface area (Å²) in [5.74, 6) is 0. The van der Waals surface area contributed by atoms with Gasteiger partial charge in [0, 0.05) is 0 Å². The molecule has 0 saturated heterocycles. The van der Waals surface area contributed by atoms with E-state index >= 15 is 0 Å². The average Bonchev–Trinajstić information content (AvgIpc) is 3.15. The van der Waals surface area contributed by atoms with Crippen LogP contribution in [0.4, 0.5) is 0 Å². The summed E-state index contributed by atoms with van der Waals surface area (Å²) in [6.45, 7) is 7.42. The Hall–Kier alpha value is 0.640. The van der Waals surface area contributed by atoms with Crippen LogP contribution >= 0.6 is 0 Å². The third kappa shape index (κ3) is 7.90. The predicted octanol–water partition coefficient (Wildman–Crippen LogP) is 0.672. The summed E-state index contributed by atoms with van der Waals surface area (Å²) in [5.41, 5.74) is 1.56. The number of allylic oxidation sites excluding steroid dienone is 8. The molecule has 0 aromatic carbocycles. The van der Waals surface area contributed by atoms with Crippen molar-refractivity contribution in [3.05, 3.63) is 42.5 Å². The zero-order chi connectivity index (χ0) is 15.8. The number of hydrogen-bond acceptors (Lipinski definition) is 0. The second-order valence-electron chi connectivity index (χ2n) is 6.87. The minimum absolute atomic E-state index is 0. The van der Waals surface area contributed by atoms with Crippen molar-refractivity contribution in [2.45, 2.75) is 77.8 Å². The maximum absolute atomic E-state index is 2.64. The van der Waals surface area contributed by atoms with E-state index in [4.69, 9.17) is 0 Å². The van der Waals surface area contributed by atoms with Crippen LogP contribution in [0.15, 0.2) is 42.5 Å². The molecule has 2 aliphatic rings. The van der Waals surface area contributed by atoms with E-state index in [0.29, 0.717) is 0 Å². The number of hydrogen-bond donors (Lipinski definition) is 0. The Morgan fingerprint density at radius 1 is 0.958 bits per heavy atom. The van der Waals surface area contributed by atoms with Crippen molar-refractivity contribution < 1.29 is 45.2 Å². The van der Waals surface area contributed by atoms with E-state index in [1.54, 1.807) is 5.57 Å². The third-order valence-corrected chi connectivity index (χ3v) is 21.8. The van der Waals surface area contributed by atoms with Gasteiger partial charge < -0.3 is 24.8 Å². The summed E-state index contributed by atoms with van der Waals surface area (Å²) >= 11 is -1.45. The molecular formula is C20H32Cl2SiZr. The zero-order valence-corrected chi connectivity index (χ0v) is 20.5. The molecule has 0 heterocycles. The van der Waals surface area contributed by atoms with Crippen LogP contribution in [-0.4, -0.2) is 5.43 Å². The molecule has 0 aliphatic heterocycles. The van der Waals surface area contributed by atoms with Crippen LogP contribution in [0.3, 0.4) is 0 Å². The Morgan fingerprint density at radius 3 is 2.29 bits per heavy atom. The van der Waals surface area contributed by atoms with E-state index in [-0.39, 0.29) is 30.2 Å². The van der Waals surface area contributed by atoms with Gasteiger partial charge in [0.15, 0.2) is 0 Å². The largest absolute Gasteiger partial charge is 1.00 e. The molecule has 2 rings (SSSR count). The number of rotatable bonds is 9. The van der Waals surface area contributed by atoms with Gasteiger partial charge in [-0.05, 0) is 0 Å². The predicted molar refractivity (Wildman–Crippen MR) is 98.1 cm³/mol. The van der Waals surface area contributed by atoms with Crippen LogP contribution in [-0.2, 0) is 20.4 Å². The molecular weight excluding hydrogens is 430 g/mol. The van der Waals surface area contributed by atoms with E-state index in [2.05, 4.69) is 50.4 Å². The summed E-state index contributed by atoms with van der Waals surface area (Å²) in [4.78, 5) is 0. The fourth-order valence-corrected chi connectivity index (χ4v) is 20.4. The molecule has 0 nitrogen and oxygen atoms in total. The molecule has 0 radical (unpaired) electrons. The molecule has 0 atom stereocenters. The normalized spacial score (nSPS) is 14.8. The van der Waals surface area contributed by atoms with E-state index in [0.717, 1.165) is 0 Å². The Kier molecular flexibility index (Phi) is 14.2. The number of unbranched alkanes of at least 4 members (excludes halogenated alkanes) is 5. The van der Waals surface area contributed by atoms with Crippen LogP contribution in [0.1, 0.15) is 64.7 Å². The van der Waals surface area contributed by atoms with Crippen LogP contribution in [0.2, 0.25) is 13.1 Å². The van der Waals surface area contributed by atoms with Crippen molar-refractivity contribution in [3.8, 4) is 0 Å². The number of halogens is 2. The summed E-state index contributed by atoms with van der Waals surface area (Å²) in [6, 6.07) is 0. The topological polar surface area (TPSA) is 0 Å². The van der Waals surface area contributed by atoms with Gasteiger partial charge in [0.05, 0.1) is 0 Å². The van der Waals surface area contributed by atoms with Gasteiger partial charge in [-0.15, -0.1) is 0 Å². The Balaban J connectivity index is 0.00000264. The van der Waals surface area contributed by atoms with Crippen LogP contribution in [0.25, 0.3) is 0 Å². The first kappa shape index (κ1) is 24.6. The molecule has 2 aliphatic carbocycles. The first-order chi connectivity index (χ1) is 10.7. The van der Waals surface area contributed by atoms with Gasteiger partial charge in [0.1, 0.15) is 0 Å². The molecule has 0 spiro atoms. The van der Waals surface area contributed by atoms with Crippen LogP contribution in [0, 0.1) is 0 Å². The van der Waals surface area contributed by atoms with Gasteiger partial charge in [-0.25, -0.2) is 0 Å². The van der Waals surface area contributed by atoms with Gasteiger partial charge in [-0.1, -0.05) is 0 Å². The Labute approximate surface area is 170 Å². The van der Waals surface area contributed by atoms with Crippen LogP contribution in [0.5, 0.6) is 0 Å². The average molecular weight is 463 g/mol. The van der Waals surface area contributed by atoms with E-state index in [1.165, 1.54) is 57.8 Å². The second-order valence-corrected chi connectivity index (χ2v) is 24.2.